The number of halogens is 1. The fourth-order valence-corrected chi connectivity index (χ4v) is 1.79. The average molecular weight is 308 g/mol. The van der Waals surface area contributed by atoms with Crippen LogP contribution in [0.5, 0.6) is 0 Å². The van der Waals surface area contributed by atoms with E-state index >= 15 is 0 Å². The van der Waals surface area contributed by atoms with Crippen LogP contribution in [-0.4, -0.2) is 18.5 Å². The highest BCUT2D eigenvalue weighted by atomic mass is 35.5. The molecule has 0 fully saturated rings. The first kappa shape index (κ1) is 15.1. The number of rotatable bonds is 5. The predicted molar refractivity (Wildman–Crippen MR) is 77.0 cm³/mol. The summed E-state index contributed by atoms with van der Waals surface area (Å²) in [5.74, 6) is -0.496. The van der Waals surface area contributed by atoms with Gasteiger partial charge in [-0.3, -0.25) is 4.79 Å². The third-order valence-corrected chi connectivity index (χ3v) is 3.07. The van der Waals surface area contributed by atoms with Crippen molar-refractivity contribution in [2.24, 2.45) is 0 Å². The van der Waals surface area contributed by atoms with Crippen LogP contribution in [0.4, 0.5) is 0 Å². The Balaban J connectivity index is 1.76. The molecule has 0 aliphatic rings. The molecule has 0 saturated heterocycles. The van der Waals surface area contributed by atoms with Crippen LogP contribution in [0.2, 0.25) is 5.02 Å². The lowest BCUT2D eigenvalue weighted by Gasteiger charge is -2.06. The Morgan fingerprint density at radius 1 is 1.24 bits per heavy atom. The minimum Gasteiger partial charge on any atom is -0.469 e. The Kier molecular flexibility index (Phi) is 5.00. The average Bonchev–Trinajstić information content (AvgIpc) is 2.90. The number of ether oxygens (including phenoxy) is 1. The van der Waals surface area contributed by atoms with Crippen LogP contribution in [0.3, 0.4) is 0 Å². The van der Waals surface area contributed by atoms with E-state index < -0.39 is 5.97 Å². The van der Waals surface area contributed by atoms with Crippen molar-refractivity contribution in [1.29, 1.82) is 0 Å². The zero-order valence-electron chi connectivity index (χ0n) is 11.4. The van der Waals surface area contributed by atoms with E-state index in [2.05, 4.69) is 5.32 Å². The summed E-state index contributed by atoms with van der Waals surface area (Å²) in [5.41, 5.74) is 1.23. The van der Waals surface area contributed by atoms with E-state index in [4.69, 9.17) is 20.8 Å². The second kappa shape index (κ2) is 6.95. The normalized spacial score (nSPS) is 10.2. The molecule has 1 N–H and O–H groups in total. The zero-order chi connectivity index (χ0) is 15.2. The zero-order valence-corrected chi connectivity index (χ0v) is 12.1. The molecule has 0 radical (unpaired) electrons. The summed E-state index contributed by atoms with van der Waals surface area (Å²) < 4.78 is 9.90. The van der Waals surface area contributed by atoms with E-state index in [1.54, 1.807) is 19.1 Å². The molecule has 21 heavy (non-hydrogen) atoms. The molecule has 0 bridgehead atoms. The van der Waals surface area contributed by atoms with Crippen molar-refractivity contribution in [2.75, 3.05) is 6.61 Å². The molecular formula is C15H14ClNO4. The van der Waals surface area contributed by atoms with Gasteiger partial charge in [-0.05, 0) is 30.7 Å². The number of nitrogens with one attached hydrogen (secondary N) is 1. The minimum absolute atomic E-state index is 0.320. The van der Waals surface area contributed by atoms with E-state index in [-0.39, 0.29) is 12.5 Å². The highest BCUT2D eigenvalue weighted by Crippen LogP contribution is 2.10. The first-order valence-corrected chi connectivity index (χ1v) is 6.66. The second-order valence-electron chi connectivity index (χ2n) is 4.37. The van der Waals surface area contributed by atoms with Gasteiger partial charge in [-0.2, -0.15) is 0 Å². The van der Waals surface area contributed by atoms with Crippen LogP contribution in [-0.2, 0) is 16.1 Å². The summed E-state index contributed by atoms with van der Waals surface area (Å²) in [6, 6.07) is 8.60. The van der Waals surface area contributed by atoms with Gasteiger partial charge in [0.2, 0.25) is 0 Å². The summed E-state index contributed by atoms with van der Waals surface area (Å²) >= 11 is 5.77. The second-order valence-corrected chi connectivity index (χ2v) is 4.81. The predicted octanol–water partition coefficient (Wildman–Crippen LogP) is 2.71. The van der Waals surface area contributed by atoms with E-state index in [1.807, 2.05) is 12.1 Å². The summed E-state index contributed by atoms with van der Waals surface area (Å²) in [4.78, 5) is 23.3. The van der Waals surface area contributed by atoms with E-state index in [9.17, 15) is 9.59 Å². The third-order valence-electron chi connectivity index (χ3n) is 2.82. The maximum atomic E-state index is 11.7. The summed E-state index contributed by atoms with van der Waals surface area (Å²) in [6.45, 7) is 1.66. The lowest BCUT2D eigenvalue weighted by Crippen LogP contribution is -2.28. The van der Waals surface area contributed by atoms with E-state index in [0.717, 1.165) is 5.56 Å². The minimum atomic E-state index is -0.581. The Hall–Kier alpha value is -2.27. The fourth-order valence-electron chi connectivity index (χ4n) is 1.66. The molecule has 2 aromatic rings. The number of furan rings is 1. The summed E-state index contributed by atoms with van der Waals surface area (Å²) in [7, 11) is 0. The van der Waals surface area contributed by atoms with Gasteiger partial charge in [0, 0.05) is 11.6 Å². The number of hydrogen-bond donors (Lipinski definition) is 1. The molecule has 1 aromatic carbocycles. The van der Waals surface area contributed by atoms with Crippen LogP contribution >= 0.6 is 11.6 Å². The maximum Gasteiger partial charge on any atom is 0.342 e. The molecule has 0 aliphatic carbocycles. The summed E-state index contributed by atoms with van der Waals surface area (Å²) in [5, 5.41) is 3.28. The van der Waals surface area contributed by atoms with Crippen LogP contribution in [0.1, 0.15) is 21.7 Å². The molecule has 1 amide bonds. The number of aryl methyl sites for hydroxylation is 1. The van der Waals surface area contributed by atoms with Gasteiger partial charge >= 0.3 is 5.97 Å². The molecule has 0 atom stereocenters. The van der Waals surface area contributed by atoms with Gasteiger partial charge in [0.25, 0.3) is 5.91 Å². The number of carbonyl (C=O) groups excluding carboxylic acids is 2. The van der Waals surface area contributed by atoms with Crippen LogP contribution in [0, 0.1) is 6.92 Å². The highest BCUT2D eigenvalue weighted by Gasteiger charge is 2.14. The largest absolute Gasteiger partial charge is 0.469 e. The van der Waals surface area contributed by atoms with Crippen molar-refractivity contribution < 1.29 is 18.7 Å². The Labute approximate surface area is 126 Å². The van der Waals surface area contributed by atoms with E-state index in [1.165, 1.54) is 12.3 Å². The maximum absolute atomic E-state index is 11.7. The van der Waals surface area contributed by atoms with E-state index in [0.29, 0.717) is 22.9 Å². The lowest BCUT2D eigenvalue weighted by atomic mass is 10.2. The SMILES string of the molecule is Cc1occc1C(=O)OCC(=O)NCc1ccc(Cl)cc1. The molecular weight excluding hydrogens is 294 g/mol. The number of amides is 1. The van der Waals surface area contributed by atoms with Gasteiger partial charge in [0.05, 0.1) is 6.26 Å². The molecule has 2 rings (SSSR count). The number of hydrogen-bond acceptors (Lipinski definition) is 4. The molecule has 5 nitrogen and oxygen atoms in total. The van der Waals surface area contributed by atoms with Crippen molar-refractivity contribution >= 4 is 23.5 Å². The van der Waals surface area contributed by atoms with Gasteiger partial charge in [-0.1, -0.05) is 23.7 Å². The standard InChI is InChI=1S/C15H14ClNO4/c1-10-13(6-7-20-10)15(19)21-9-14(18)17-8-11-2-4-12(16)5-3-11/h2-7H,8-9H2,1H3,(H,17,18). The van der Waals surface area contributed by atoms with Gasteiger partial charge in [0.1, 0.15) is 11.3 Å². The Morgan fingerprint density at radius 3 is 2.57 bits per heavy atom. The van der Waals surface area contributed by atoms with Crippen molar-refractivity contribution in [1.82, 2.24) is 5.32 Å². The summed E-state index contributed by atoms with van der Waals surface area (Å²) in [6.07, 6.45) is 1.40. The number of benzene rings is 1. The van der Waals surface area contributed by atoms with Gasteiger partial charge in [0.15, 0.2) is 6.61 Å². The lowest BCUT2D eigenvalue weighted by molar-refractivity contribution is -0.124. The monoisotopic (exact) mass is 307 g/mol. The van der Waals surface area contributed by atoms with Crippen molar-refractivity contribution in [3.63, 3.8) is 0 Å². The number of carbonyl (C=O) groups is 2. The molecule has 0 saturated carbocycles. The van der Waals surface area contributed by atoms with Crippen LogP contribution in [0.25, 0.3) is 0 Å². The molecule has 1 aromatic heterocycles. The Morgan fingerprint density at radius 2 is 1.95 bits per heavy atom. The highest BCUT2D eigenvalue weighted by molar-refractivity contribution is 6.30. The number of esters is 1. The molecule has 6 heteroatoms. The quantitative estimate of drug-likeness (QED) is 0.862. The van der Waals surface area contributed by atoms with Crippen molar-refractivity contribution in [2.45, 2.75) is 13.5 Å². The van der Waals surface area contributed by atoms with Crippen molar-refractivity contribution in [3.05, 3.63) is 58.5 Å². The molecule has 0 aliphatic heterocycles. The van der Waals surface area contributed by atoms with Crippen molar-refractivity contribution in [3.8, 4) is 0 Å². The molecule has 0 spiro atoms. The molecule has 0 unspecified atom stereocenters. The van der Waals surface area contributed by atoms with Crippen LogP contribution < -0.4 is 5.32 Å². The molecule has 110 valence electrons. The Bertz CT molecular complexity index is 633. The first-order chi connectivity index (χ1) is 10.1. The first-order valence-electron chi connectivity index (χ1n) is 6.28. The molecule has 1 heterocycles. The van der Waals surface area contributed by atoms with Gasteiger partial charge in [-0.25, -0.2) is 4.79 Å². The topological polar surface area (TPSA) is 68.5 Å². The van der Waals surface area contributed by atoms with Crippen LogP contribution in [0.15, 0.2) is 41.0 Å². The fraction of sp³-hybridized carbons (Fsp3) is 0.200. The third kappa shape index (κ3) is 4.36. The van der Waals surface area contributed by atoms with Gasteiger partial charge < -0.3 is 14.5 Å². The smallest absolute Gasteiger partial charge is 0.342 e. The van der Waals surface area contributed by atoms with Gasteiger partial charge in [-0.15, -0.1) is 0 Å².